The highest BCUT2D eigenvalue weighted by Crippen LogP contribution is 2.68. The molecule has 216 valence electrons. The van der Waals surface area contributed by atoms with Crippen LogP contribution in [0.4, 0.5) is 0 Å². The van der Waals surface area contributed by atoms with Crippen molar-refractivity contribution < 1.29 is 24.2 Å². The van der Waals surface area contributed by atoms with Gasteiger partial charge in [0.25, 0.3) is 0 Å². The van der Waals surface area contributed by atoms with Crippen LogP contribution >= 0.6 is 0 Å². The van der Waals surface area contributed by atoms with Gasteiger partial charge in [0.05, 0.1) is 12.3 Å². The van der Waals surface area contributed by atoms with E-state index in [0.717, 1.165) is 43.4 Å². The summed E-state index contributed by atoms with van der Waals surface area (Å²) in [5, 5.41) is 11.6. The molecule has 4 rings (SSSR count). The second-order valence-corrected chi connectivity index (χ2v) is 14.0. The van der Waals surface area contributed by atoms with Crippen molar-refractivity contribution in [1.29, 1.82) is 0 Å². The molecule has 10 atom stereocenters. The number of rotatable bonds is 10. The molecule has 0 spiro atoms. The third-order valence-corrected chi connectivity index (χ3v) is 12.2. The molecule has 38 heavy (non-hydrogen) atoms. The van der Waals surface area contributed by atoms with Gasteiger partial charge in [-0.25, -0.2) is 0 Å². The van der Waals surface area contributed by atoms with E-state index in [1.54, 1.807) is 0 Å². The number of esters is 1. The van der Waals surface area contributed by atoms with Gasteiger partial charge in [0, 0.05) is 13.0 Å². The number of carboxylic acids is 1. The number of aliphatic carboxylic acids is 1. The van der Waals surface area contributed by atoms with E-state index in [1.165, 1.54) is 44.9 Å². The lowest BCUT2D eigenvalue weighted by Crippen LogP contribution is -2.54. The predicted molar refractivity (Wildman–Crippen MR) is 148 cm³/mol. The van der Waals surface area contributed by atoms with Crippen molar-refractivity contribution in [3.8, 4) is 0 Å². The number of carbonyl (C=O) groups is 3. The molecule has 10 unspecified atom stereocenters. The van der Waals surface area contributed by atoms with Gasteiger partial charge in [-0.05, 0) is 117 Å². The van der Waals surface area contributed by atoms with Crippen molar-refractivity contribution in [3.05, 3.63) is 0 Å². The number of fused-ring (bicyclic) bond motifs is 5. The van der Waals surface area contributed by atoms with Crippen LogP contribution < -0.4 is 5.32 Å². The Kier molecular flexibility index (Phi) is 9.19. The van der Waals surface area contributed by atoms with Crippen molar-refractivity contribution in [2.75, 3.05) is 6.54 Å². The summed E-state index contributed by atoms with van der Waals surface area (Å²) in [5.74, 6) is 3.34. The van der Waals surface area contributed by atoms with Crippen molar-refractivity contribution in [1.82, 2.24) is 5.32 Å². The van der Waals surface area contributed by atoms with Crippen LogP contribution in [0.5, 0.6) is 0 Å². The Morgan fingerprint density at radius 1 is 0.947 bits per heavy atom. The fraction of sp³-hybridized carbons (Fsp3) is 0.906. The average Bonchev–Trinajstić information content (AvgIpc) is 3.24. The topological polar surface area (TPSA) is 92.7 Å². The zero-order chi connectivity index (χ0) is 27.7. The van der Waals surface area contributed by atoms with Crippen LogP contribution in [0.1, 0.15) is 118 Å². The van der Waals surface area contributed by atoms with Crippen LogP contribution in [0.2, 0.25) is 0 Å². The van der Waals surface area contributed by atoms with Gasteiger partial charge in [-0.1, -0.05) is 34.6 Å². The lowest BCUT2D eigenvalue weighted by atomic mass is 9.44. The van der Waals surface area contributed by atoms with Crippen LogP contribution in [-0.4, -0.2) is 35.6 Å². The molecule has 2 N–H and O–H groups in total. The van der Waals surface area contributed by atoms with E-state index < -0.39 is 5.97 Å². The summed E-state index contributed by atoms with van der Waals surface area (Å²) in [6, 6.07) is 0. The summed E-state index contributed by atoms with van der Waals surface area (Å²) in [6.07, 6.45) is 13.4. The van der Waals surface area contributed by atoms with E-state index in [9.17, 15) is 14.4 Å². The Balaban J connectivity index is 1.34. The summed E-state index contributed by atoms with van der Waals surface area (Å²) in [4.78, 5) is 35.4. The highest BCUT2D eigenvalue weighted by atomic mass is 16.5. The summed E-state index contributed by atoms with van der Waals surface area (Å²) < 4.78 is 5.98. The van der Waals surface area contributed by atoms with Gasteiger partial charge in [-0.15, -0.1) is 0 Å². The largest absolute Gasteiger partial charge is 0.481 e. The van der Waals surface area contributed by atoms with Gasteiger partial charge in [0.15, 0.2) is 0 Å². The van der Waals surface area contributed by atoms with Crippen LogP contribution in [0.15, 0.2) is 0 Å². The second-order valence-electron chi connectivity index (χ2n) is 14.0. The lowest BCUT2D eigenvalue weighted by molar-refractivity contribution is -0.166. The molecule has 6 nitrogen and oxygen atoms in total. The molecule has 0 aromatic carbocycles. The standard InChI is InChI=1S/C32H53NO5/c1-6-20(2)30(37)38-23-13-16-31(4)22(19-23)8-9-24-26-11-10-25(32(26,5)17-14-27(24)31)21(3)7-12-28(34)33-18-15-29(35)36/h20-27H,6-19H2,1-5H3,(H,33,34)(H,35,36). The van der Waals surface area contributed by atoms with E-state index in [2.05, 4.69) is 33.0 Å². The number of hydrogen-bond donors (Lipinski definition) is 2. The number of hydrogen-bond acceptors (Lipinski definition) is 4. The van der Waals surface area contributed by atoms with Crippen molar-refractivity contribution in [3.63, 3.8) is 0 Å². The number of ether oxygens (including phenoxy) is 1. The summed E-state index contributed by atoms with van der Waals surface area (Å²) in [5.41, 5.74) is 0.744. The Hall–Kier alpha value is -1.59. The minimum atomic E-state index is -0.875. The molecule has 0 aromatic heterocycles. The van der Waals surface area contributed by atoms with Gasteiger partial charge in [0.2, 0.25) is 5.91 Å². The molecule has 0 heterocycles. The zero-order valence-corrected chi connectivity index (χ0v) is 24.6. The third kappa shape index (κ3) is 5.80. The quantitative estimate of drug-likeness (QED) is 0.309. The van der Waals surface area contributed by atoms with Gasteiger partial charge >= 0.3 is 11.9 Å². The maximum absolute atomic E-state index is 12.4. The first kappa shape index (κ1) is 29.4. The van der Waals surface area contributed by atoms with Crippen LogP contribution in [0.3, 0.4) is 0 Å². The van der Waals surface area contributed by atoms with Crippen LogP contribution in [0.25, 0.3) is 0 Å². The summed E-state index contributed by atoms with van der Waals surface area (Å²) in [6.45, 7) is 11.7. The fourth-order valence-corrected chi connectivity index (χ4v) is 9.71. The molecule has 0 bridgehead atoms. The number of amides is 1. The monoisotopic (exact) mass is 531 g/mol. The second kappa shape index (κ2) is 11.9. The maximum atomic E-state index is 12.4. The van der Waals surface area contributed by atoms with Gasteiger partial charge in [-0.2, -0.15) is 0 Å². The summed E-state index contributed by atoms with van der Waals surface area (Å²) in [7, 11) is 0. The SMILES string of the molecule is CCC(C)C(=O)OC1CCC2(C)C(CCC3C2CCC2(C)C(C(C)CCC(=O)NCCC(=O)O)CCC32)C1. The van der Waals surface area contributed by atoms with Crippen LogP contribution in [-0.2, 0) is 19.1 Å². The van der Waals surface area contributed by atoms with Crippen LogP contribution in [0, 0.1) is 52.3 Å². The van der Waals surface area contributed by atoms with E-state index in [4.69, 9.17) is 9.84 Å². The molecule has 4 aliphatic carbocycles. The van der Waals surface area contributed by atoms with Gasteiger partial charge in [0.1, 0.15) is 6.10 Å². The molecule has 4 aliphatic rings. The molecule has 1 amide bonds. The molecular formula is C32H53NO5. The molecule has 4 fully saturated rings. The predicted octanol–water partition coefficient (Wildman–Crippen LogP) is 6.61. The first-order valence-corrected chi connectivity index (χ1v) is 15.7. The maximum Gasteiger partial charge on any atom is 0.308 e. The number of carboxylic acid groups (broad SMARTS) is 1. The minimum absolute atomic E-state index is 0.000843. The molecular weight excluding hydrogens is 478 g/mol. The Labute approximate surface area is 230 Å². The first-order chi connectivity index (χ1) is 18.0. The fourth-order valence-electron chi connectivity index (χ4n) is 9.71. The number of nitrogens with one attached hydrogen (secondary N) is 1. The Bertz CT molecular complexity index is 874. The Morgan fingerprint density at radius 2 is 1.66 bits per heavy atom. The molecule has 0 saturated heterocycles. The number of carbonyl (C=O) groups excluding carboxylic acids is 2. The average molecular weight is 532 g/mol. The molecule has 6 heteroatoms. The molecule has 0 aromatic rings. The Morgan fingerprint density at radius 3 is 2.37 bits per heavy atom. The van der Waals surface area contributed by atoms with E-state index in [0.29, 0.717) is 35.0 Å². The van der Waals surface area contributed by atoms with E-state index in [1.807, 2.05) is 6.92 Å². The van der Waals surface area contributed by atoms with E-state index in [-0.39, 0.29) is 36.9 Å². The highest BCUT2D eigenvalue weighted by molar-refractivity contribution is 5.76. The smallest absolute Gasteiger partial charge is 0.308 e. The van der Waals surface area contributed by atoms with Crippen molar-refractivity contribution >= 4 is 17.8 Å². The van der Waals surface area contributed by atoms with Gasteiger partial charge < -0.3 is 15.2 Å². The zero-order valence-electron chi connectivity index (χ0n) is 24.6. The van der Waals surface area contributed by atoms with Crippen molar-refractivity contribution in [2.45, 2.75) is 124 Å². The highest BCUT2D eigenvalue weighted by Gasteiger charge is 2.60. The summed E-state index contributed by atoms with van der Waals surface area (Å²) >= 11 is 0. The normalized spacial score (nSPS) is 39.7. The van der Waals surface area contributed by atoms with Crippen molar-refractivity contribution in [2.24, 2.45) is 52.3 Å². The lowest BCUT2D eigenvalue weighted by Gasteiger charge is -2.61. The van der Waals surface area contributed by atoms with E-state index >= 15 is 0 Å². The molecule has 0 radical (unpaired) electrons. The third-order valence-electron chi connectivity index (χ3n) is 12.2. The first-order valence-electron chi connectivity index (χ1n) is 15.7. The molecule has 0 aliphatic heterocycles. The molecule has 4 saturated carbocycles. The van der Waals surface area contributed by atoms with Gasteiger partial charge in [-0.3, -0.25) is 14.4 Å². The minimum Gasteiger partial charge on any atom is -0.481 e.